The van der Waals surface area contributed by atoms with Gasteiger partial charge in [-0.15, -0.1) is 16.4 Å². The number of rotatable bonds is 5. The second kappa shape index (κ2) is 13.6. The normalized spacial score (nSPS) is 11.7. The van der Waals surface area contributed by atoms with Gasteiger partial charge in [-0.3, -0.25) is 4.57 Å². The Balaban J connectivity index is 1.25. The number of hydrogen-bond acceptors (Lipinski definition) is 2. The molecule has 3 nitrogen and oxygen atoms in total. The van der Waals surface area contributed by atoms with Gasteiger partial charge in [-0.05, 0) is 91.3 Å². The predicted octanol–water partition coefficient (Wildman–Crippen LogP) is 7.87. The van der Waals surface area contributed by atoms with Gasteiger partial charge >= 0.3 is 0 Å². The summed E-state index contributed by atoms with van der Waals surface area (Å²) in [5.74, 6) is 0.628. The molecule has 10 radical (unpaired) electrons. The molecule has 262 valence electrons. The third kappa shape index (κ3) is 5.39. The van der Waals surface area contributed by atoms with E-state index < -0.39 is 0 Å². The number of nitrogens with zero attached hydrogens (tertiary/aromatic N) is 2. The van der Waals surface area contributed by atoms with Crippen molar-refractivity contribution >= 4 is 121 Å². The van der Waals surface area contributed by atoms with E-state index in [0.717, 1.165) is 93.5 Å². The number of para-hydroxylation sites is 3. The van der Waals surface area contributed by atoms with Crippen LogP contribution < -0.4 is 27.3 Å². The Labute approximate surface area is 347 Å². The molecule has 11 rings (SSSR count). The molecule has 59 heavy (non-hydrogen) atoms. The van der Waals surface area contributed by atoms with Gasteiger partial charge in [-0.25, -0.2) is 4.98 Å². The zero-order valence-corrected chi connectivity index (χ0v) is 31.8. The van der Waals surface area contributed by atoms with Crippen molar-refractivity contribution in [3.8, 4) is 50.5 Å². The Morgan fingerprint density at radius 1 is 0.390 bits per heavy atom. The van der Waals surface area contributed by atoms with Gasteiger partial charge in [0.2, 0.25) is 0 Å². The fourth-order valence-electron chi connectivity index (χ4n) is 8.88. The molecular formula is C51H27B5N2O. The first kappa shape index (κ1) is 35.3. The highest BCUT2D eigenvalue weighted by Crippen LogP contribution is 2.48. The topological polar surface area (TPSA) is 31.0 Å². The Hall–Kier alpha value is -6.91. The minimum absolute atomic E-state index is 0.156. The highest BCUT2D eigenvalue weighted by Gasteiger charge is 2.25. The van der Waals surface area contributed by atoms with Crippen molar-refractivity contribution < 1.29 is 4.42 Å². The van der Waals surface area contributed by atoms with Crippen LogP contribution in [-0.2, 0) is 0 Å². The zero-order valence-electron chi connectivity index (χ0n) is 31.8. The largest absolute Gasteiger partial charge is 0.456 e. The standard InChI is InChI=1S/C51H27B5N2O/c52-45-46(53)48(55)50(49(56)47(45)54)58-40-20-10-9-19-39(40)57-51(58)36-18-7-6-17-34(36)44-33-16-5-4-15-32(33)43(38-26-29(22-24-35(38)44)28-12-2-1-3-13-28)30-23-25-42-37(27-30)31-14-8-11-21-41(31)59-42/h1-27H. The van der Waals surface area contributed by atoms with Gasteiger partial charge < -0.3 is 4.42 Å². The van der Waals surface area contributed by atoms with E-state index in [0.29, 0.717) is 11.5 Å². The minimum Gasteiger partial charge on any atom is -0.456 e. The van der Waals surface area contributed by atoms with E-state index in [2.05, 4.69) is 115 Å². The van der Waals surface area contributed by atoms with Crippen LogP contribution in [0.5, 0.6) is 0 Å². The molecule has 0 spiro atoms. The van der Waals surface area contributed by atoms with Crippen molar-refractivity contribution in [1.29, 1.82) is 0 Å². The summed E-state index contributed by atoms with van der Waals surface area (Å²) in [6.45, 7) is 0. The highest BCUT2D eigenvalue weighted by atomic mass is 16.3. The summed E-state index contributed by atoms with van der Waals surface area (Å²) < 4.78 is 8.24. The zero-order chi connectivity index (χ0) is 39.9. The van der Waals surface area contributed by atoms with Crippen molar-refractivity contribution in [2.45, 2.75) is 0 Å². The first-order valence-corrected chi connectivity index (χ1v) is 19.4. The van der Waals surface area contributed by atoms with E-state index in [1.165, 1.54) is 0 Å². The lowest BCUT2D eigenvalue weighted by molar-refractivity contribution is 0.669. The average Bonchev–Trinajstić information content (AvgIpc) is 3.85. The Morgan fingerprint density at radius 2 is 0.949 bits per heavy atom. The van der Waals surface area contributed by atoms with Gasteiger partial charge in [-0.2, -0.15) is 0 Å². The second-order valence-corrected chi connectivity index (χ2v) is 15.0. The fraction of sp³-hybridized carbons (Fsp3) is 0. The summed E-state index contributed by atoms with van der Waals surface area (Å²) in [6, 6.07) is 56.9. The molecule has 8 heteroatoms. The van der Waals surface area contributed by atoms with Gasteiger partial charge in [0.25, 0.3) is 0 Å². The molecule has 0 aliphatic rings. The summed E-state index contributed by atoms with van der Waals surface area (Å²) in [5.41, 5.74) is 12.1. The van der Waals surface area contributed by atoms with Crippen LogP contribution >= 0.6 is 0 Å². The molecular weight excluding hydrogens is 711 g/mol. The number of imidazole rings is 1. The van der Waals surface area contributed by atoms with E-state index in [-0.39, 0.29) is 27.3 Å². The lowest BCUT2D eigenvalue weighted by atomic mass is 9.61. The molecule has 0 fully saturated rings. The van der Waals surface area contributed by atoms with E-state index in [9.17, 15) is 0 Å². The number of furan rings is 1. The average molecular weight is 738 g/mol. The van der Waals surface area contributed by atoms with Crippen molar-refractivity contribution in [3.63, 3.8) is 0 Å². The summed E-state index contributed by atoms with van der Waals surface area (Å²) >= 11 is 0. The van der Waals surface area contributed by atoms with Crippen LogP contribution in [0.4, 0.5) is 0 Å². The Kier molecular flexibility index (Phi) is 8.13. The Bertz CT molecular complexity index is 3490. The number of aromatic nitrogens is 2. The van der Waals surface area contributed by atoms with Gasteiger partial charge in [0, 0.05) is 22.0 Å². The second-order valence-electron chi connectivity index (χ2n) is 15.0. The molecule has 0 unspecified atom stereocenters. The summed E-state index contributed by atoms with van der Waals surface area (Å²) in [7, 11) is 32.8. The van der Waals surface area contributed by atoms with Gasteiger partial charge in [0.1, 0.15) is 56.2 Å². The van der Waals surface area contributed by atoms with Crippen LogP contribution in [0.3, 0.4) is 0 Å². The lowest BCUT2D eigenvalue weighted by Crippen LogP contribution is -2.56. The van der Waals surface area contributed by atoms with E-state index in [1.54, 1.807) is 0 Å². The molecule has 0 atom stereocenters. The third-order valence-corrected chi connectivity index (χ3v) is 11.7. The van der Waals surface area contributed by atoms with Crippen LogP contribution in [-0.4, -0.2) is 48.8 Å². The molecule has 0 aliphatic heterocycles. The van der Waals surface area contributed by atoms with Gasteiger partial charge in [0.15, 0.2) is 0 Å². The Morgan fingerprint density at radius 3 is 1.73 bits per heavy atom. The molecule has 9 aromatic carbocycles. The van der Waals surface area contributed by atoms with E-state index in [4.69, 9.17) is 48.6 Å². The highest BCUT2D eigenvalue weighted by molar-refractivity contribution is 6.68. The maximum Gasteiger partial charge on any atom is 0.146 e. The third-order valence-electron chi connectivity index (χ3n) is 11.7. The lowest BCUT2D eigenvalue weighted by Gasteiger charge is -2.24. The molecule has 0 amide bonds. The van der Waals surface area contributed by atoms with Gasteiger partial charge in [-0.1, -0.05) is 138 Å². The maximum atomic E-state index is 6.78. The van der Waals surface area contributed by atoms with E-state index in [1.807, 2.05) is 53.1 Å². The van der Waals surface area contributed by atoms with Crippen LogP contribution in [0.1, 0.15) is 0 Å². The summed E-state index contributed by atoms with van der Waals surface area (Å²) in [6.07, 6.45) is 0. The van der Waals surface area contributed by atoms with Crippen molar-refractivity contribution in [2.75, 3.05) is 0 Å². The van der Waals surface area contributed by atoms with Crippen molar-refractivity contribution in [2.24, 2.45) is 0 Å². The van der Waals surface area contributed by atoms with Crippen molar-refractivity contribution in [3.05, 3.63) is 164 Å². The van der Waals surface area contributed by atoms with Crippen LogP contribution in [0.25, 0.3) is 105 Å². The molecule has 2 aromatic heterocycles. The van der Waals surface area contributed by atoms with Crippen LogP contribution in [0, 0.1) is 0 Å². The summed E-state index contributed by atoms with van der Waals surface area (Å²) in [5, 5.41) is 6.57. The molecule has 0 bridgehead atoms. The fourth-order valence-corrected chi connectivity index (χ4v) is 8.88. The SMILES string of the molecule is [B]c1c([B])c([B])c(-n2c(-c3ccccc3-c3c4ccccc4c(-c4ccc5oc6ccccc6c5c4)c4cc(-c5ccccc5)ccc34)nc3ccccc32)c([B])c1[B]. The molecule has 2 heterocycles. The monoisotopic (exact) mass is 738 g/mol. The maximum absolute atomic E-state index is 6.78. The van der Waals surface area contributed by atoms with Gasteiger partial charge in [0.05, 0.1) is 11.0 Å². The predicted molar refractivity (Wildman–Crippen MR) is 252 cm³/mol. The smallest absolute Gasteiger partial charge is 0.146 e. The first-order chi connectivity index (χ1) is 28.9. The first-order valence-electron chi connectivity index (χ1n) is 19.4. The number of benzene rings is 9. The van der Waals surface area contributed by atoms with Crippen LogP contribution in [0.2, 0.25) is 0 Å². The number of fused-ring (bicyclic) bond motifs is 6. The molecule has 0 aliphatic carbocycles. The molecule has 0 N–H and O–H groups in total. The summed E-state index contributed by atoms with van der Waals surface area (Å²) in [4.78, 5) is 5.27. The van der Waals surface area contributed by atoms with Crippen molar-refractivity contribution in [1.82, 2.24) is 9.55 Å². The molecule has 11 aromatic rings. The van der Waals surface area contributed by atoms with E-state index >= 15 is 0 Å². The minimum atomic E-state index is 0.156. The van der Waals surface area contributed by atoms with Crippen LogP contribution in [0.15, 0.2) is 168 Å². The molecule has 0 saturated heterocycles. The number of hydrogen-bond donors (Lipinski definition) is 0. The quantitative estimate of drug-likeness (QED) is 0.133. The molecule has 0 saturated carbocycles.